The van der Waals surface area contributed by atoms with Crippen molar-refractivity contribution in [2.24, 2.45) is 5.92 Å². The van der Waals surface area contributed by atoms with Gasteiger partial charge in [0.25, 0.3) is 0 Å². The Morgan fingerprint density at radius 1 is 0.459 bits per heavy atom. The van der Waals surface area contributed by atoms with Crippen LogP contribution >= 0.6 is 0 Å². The Morgan fingerprint density at radius 3 is 1.73 bits per heavy atom. The van der Waals surface area contributed by atoms with Gasteiger partial charge in [-0.1, -0.05) is 206 Å². The number of hydrogen-bond donors (Lipinski definition) is 0. The van der Waals surface area contributed by atoms with E-state index in [1.54, 1.807) is 12.1 Å². The first-order chi connectivity index (χ1) is 36.3. The van der Waals surface area contributed by atoms with Gasteiger partial charge in [-0.05, 0) is 162 Å². The Kier molecular flexibility index (Phi) is 13.3. The molecule has 0 aliphatic heterocycles. The molecule has 2 aliphatic rings. The van der Waals surface area contributed by atoms with Gasteiger partial charge < -0.3 is 9.47 Å². The Hall–Kier alpha value is -8.79. The summed E-state index contributed by atoms with van der Waals surface area (Å²) in [5.41, 5.74) is 20.2. The van der Waals surface area contributed by atoms with Gasteiger partial charge in [-0.2, -0.15) is 0 Å². The number of aryl methyl sites for hydroxylation is 2. The van der Waals surface area contributed by atoms with Crippen molar-refractivity contribution in [3.05, 3.63) is 312 Å². The van der Waals surface area contributed by atoms with Gasteiger partial charge in [0.2, 0.25) is 0 Å². The first kappa shape index (κ1) is 47.5. The fourth-order valence-electron chi connectivity index (χ4n) is 11.0. The highest BCUT2D eigenvalue weighted by Gasteiger charge is 2.46. The van der Waals surface area contributed by atoms with Crippen LogP contribution in [0.4, 0.5) is 21.5 Å². The molecule has 10 aromatic carbocycles. The highest BCUT2D eigenvalue weighted by atomic mass is 19.1. The van der Waals surface area contributed by atoms with E-state index in [1.165, 1.54) is 102 Å². The monoisotopic (exact) mass is 958 g/mol. The Labute approximate surface area is 435 Å². The lowest BCUT2D eigenvalue weighted by atomic mass is 9.67. The van der Waals surface area contributed by atoms with E-state index >= 15 is 0 Å². The molecule has 3 heteroatoms. The van der Waals surface area contributed by atoms with Crippen molar-refractivity contribution in [3.8, 4) is 27.9 Å². The third-order valence-electron chi connectivity index (χ3n) is 14.6. The van der Waals surface area contributed by atoms with Crippen LogP contribution in [0.25, 0.3) is 49.7 Å². The van der Waals surface area contributed by atoms with E-state index in [1.807, 2.05) is 6.92 Å². The standard InChI is InChI=1S/C56H40N2.C8H12.C7H7F/c1-39-34-41(40-30-33-55-51(37-40)50-27-15-17-29-54(50)58(55)45-24-12-5-13-25-45)36-47(35-39)57(44-22-10-4-11-23-44)46-31-32-49-48-26-14-16-28-52(48)56(53(49)38-46,42-18-6-2-7-19-42)43-20-8-3-9-21-43;1-7-3-5-8(2)6-4-7;1-6-2-4-7(8)5-3-6/h2-38H,1H3;3-5,8H,6H2,1-2H3;2-5H,1H3. The Morgan fingerprint density at radius 2 is 1.07 bits per heavy atom. The van der Waals surface area contributed by atoms with Crippen LogP contribution in [-0.4, -0.2) is 4.57 Å². The van der Waals surface area contributed by atoms with E-state index in [-0.39, 0.29) is 5.82 Å². The lowest BCUT2D eigenvalue weighted by molar-refractivity contribution is 0.627. The minimum Gasteiger partial charge on any atom is -0.310 e. The molecule has 13 rings (SSSR count). The van der Waals surface area contributed by atoms with Crippen LogP contribution in [0.15, 0.2) is 273 Å². The molecule has 1 unspecified atom stereocenters. The molecule has 1 heterocycles. The smallest absolute Gasteiger partial charge is 0.123 e. The number of hydrogen-bond acceptors (Lipinski definition) is 1. The van der Waals surface area contributed by atoms with Gasteiger partial charge in [-0.3, -0.25) is 0 Å². The first-order valence-corrected chi connectivity index (χ1v) is 25.7. The average Bonchev–Trinajstić information content (AvgIpc) is 3.94. The van der Waals surface area contributed by atoms with Crippen molar-refractivity contribution in [2.75, 3.05) is 4.90 Å². The van der Waals surface area contributed by atoms with Crippen LogP contribution in [0.5, 0.6) is 0 Å². The van der Waals surface area contributed by atoms with Crippen molar-refractivity contribution in [1.82, 2.24) is 4.57 Å². The summed E-state index contributed by atoms with van der Waals surface area (Å²) < 4.78 is 14.5. The summed E-state index contributed by atoms with van der Waals surface area (Å²) >= 11 is 0. The van der Waals surface area contributed by atoms with E-state index in [9.17, 15) is 4.39 Å². The number of para-hydroxylation sites is 3. The van der Waals surface area contributed by atoms with Crippen LogP contribution in [0.3, 0.4) is 0 Å². The van der Waals surface area contributed by atoms with Crippen LogP contribution in [0.1, 0.15) is 53.6 Å². The molecule has 0 spiro atoms. The third kappa shape index (κ3) is 9.18. The molecule has 1 atom stereocenters. The van der Waals surface area contributed by atoms with Gasteiger partial charge in [0.1, 0.15) is 5.82 Å². The summed E-state index contributed by atoms with van der Waals surface area (Å²) in [5, 5.41) is 2.50. The number of nitrogens with zero attached hydrogens (tertiary/aromatic N) is 2. The lowest BCUT2D eigenvalue weighted by Gasteiger charge is -2.35. The maximum atomic E-state index is 12.1. The van der Waals surface area contributed by atoms with E-state index in [2.05, 4.69) is 273 Å². The second-order valence-electron chi connectivity index (χ2n) is 19.7. The molecule has 2 aliphatic carbocycles. The number of aromatic nitrogens is 1. The van der Waals surface area contributed by atoms with Gasteiger partial charge in [0.15, 0.2) is 0 Å². The molecule has 2 nitrogen and oxygen atoms in total. The predicted octanol–water partition coefficient (Wildman–Crippen LogP) is 19.3. The molecular formula is C71H59FN2. The zero-order chi connectivity index (χ0) is 50.6. The molecule has 0 radical (unpaired) electrons. The molecule has 0 saturated heterocycles. The number of anilines is 3. The maximum absolute atomic E-state index is 12.1. The quantitative estimate of drug-likeness (QED) is 0.155. The summed E-state index contributed by atoms with van der Waals surface area (Å²) in [6.45, 7) is 8.52. The maximum Gasteiger partial charge on any atom is 0.123 e. The number of fused-ring (bicyclic) bond motifs is 6. The summed E-state index contributed by atoms with van der Waals surface area (Å²) in [6, 6.07) is 88.8. The fraction of sp³-hybridized carbons (Fsp3) is 0.0986. The lowest BCUT2D eigenvalue weighted by Crippen LogP contribution is -2.28. The van der Waals surface area contributed by atoms with Crippen LogP contribution < -0.4 is 4.90 Å². The molecule has 11 aromatic rings. The van der Waals surface area contributed by atoms with Gasteiger partial charge in [0.05, 0.1) is 16.4 Å². The molecule has 1 aromatic heterocycles. The molecule has 0 fully saturated rings. The normalized spacial score (nSPS) is 14.0. The molecular weight excluding hydrogens is 900 g/mol. The second kappa shape index (κ2) is 20.7. The molecule has 74 heavy (non-hydrogen) atoms. The zero-order valence-electron chi connectivity index (χ0n) is 42.5. The Balaban J connectivity index is 0.000000314. The predicted molar refractivity (Wildman–Crippen MR) is 311 cm³/mol. The SMILES string of the molecule is CC1=CCC(C)C=C1.Cc1cc(-c2ccc3c(c2)c2ccccc2n3-c2ccccc2)cc(N(c2ccccc2)c2ccc3c(c2)C(c2ccccc2)(c2ccccc2)c2ccccc2-3)c1.Cc1ccc(F)cc1. The molecule has 0 bridgehead atoms. The number of rotatable bonds is 7. The summed E-state index contributed by atoms with van der Waals surface area (Å²) in [6.07, 6.45) is 7.95. The van der Waals surface area contributed by atoms with E-state index in [4.69, 9.17) is 0 Å². The zero-order valence-corrected chi connectivity index (χ0v) is 42.5. The summed E-state index contributed by atoms with van der Waals surface area (Å²) in [7, 11) is 0. The van der Waals surface area contributed by atoms with Gasteiger partial charge >= 0.3 is 0 Å². The number of benzene rings is 10. The van der Waals surface area contributed by atoms with Crippen LogP contribution in [0, 0.1) is 25.6 Å². The highest BCUT2D eigenvalue weighted by Crippen LogP contribution is 2.57. The third-order valence-corrected chi connectivity index (χ3v) is 14.6. The fourth-order valence-corrected chi connectivity index (χ4v) is 11.0. The molecule has 360 valence electrons. The van der Waals surface area contributed by atoms with Gasteiger partial charge in [-0.25, -0.2) is 4.39 Å². The van der Waals surface area contributed by atoms with E-state index in [0.29, 0.717) is 0 Å². The van der Waals surface area contributed by atoms with Gasteiger partial charge in [0, 0.05) is 33.5 Å². The minimum absolute atomic E-state index is 0.171. The van der Waals surface area contributed by atoms with E-state index in [0.717, 1.165) is 28.5 Å². The van der Waals surface area contributed by atoms with Crippen molar-refractivity contribution in [2.45, 2.75) is 39.5 Å². The van der Waals surface area contributed by atoms with E-state index < -0.39 is 5.41 Å². The summed E-state index contributed by atoms with van der Waals surface area (Å²) in [5.74, 6) is 0.592. The largest absolute Gasteiger partial charge is 0.310 e. The van der Waals surface area contributed by atoms with Crippen molar-refractivity contribution in [3.63, 3.8) is 0 Å². The number of halogens is 1. The van der Waals surface area contributed by atoms with Crippen molar-refractivity contribution < 1.29 is 4.39 Å². The van der Waals surface area contributed by atoms with Gasteiger partial charge in [-0.15, -0.1) is 0 Å². The molecule has 0 N–H and O–H groups in total. The highest BCUT2D eigenvalue weighted by molar-refractivity contribution is 6.10. The minimum atomic E-state index is -0.487. The topological polar surface area (TPSA) is 8.17 Å². The first-order valence-electron chi connectivity index (χ1n) is 25.7. The average molecular weight is 959 g/mol. The Bertz CT molecular complexity index is 3730. The molecule has 0 amide bonds. The van der Waals surface area contributed by atoms with Crippen molar-refractivity contribution in [1.29, 1.82) is 0 Å². The van der Waals surface area contributed by atoms with Crippen molar-refractivity contribution >= 4 is 38.9 Å². The summed E-state index contributed by atoms with van der Waals surface area (Å²) in [4.78, 5) is 2.43. The number of allylic oxidation sites excluding steroid dienone is 4. The molecule has 0 saturated carbocycles. The second-order valence-corrected chi connectivity index (χ2v) is 19.7. The van der Waals surface area contributed by atoms with Crippen LogP contribution in [-0.2, 0) is 5.41 Å². The van der Waals surface area contributed by atoms with Crippen LogP contribution in [0.2, 0.25) is 0 Å².